The predicted molar refractivity (Wildman–Crippen MR) is 49.9 cm³/mol. The number of phenolic OH excluding ortho intramolecular Hbond substituents is 1. The van der Waals surface area contributed by atoms with Crippen molar-refractivity contribution in [1.29, 1.82) is 5.26 Å². The van der Waals surface area contributed by atoms with E-state index >= 15 is 0 Å². The molecule has 14 heavy (non-hydrogen) atoms. The van der Waals surface area contributed by atoms with Gasteiger partial charge in [-0.25, -0.2) is 0 Å². The predicted octanol–water partition coefficient (Wildman–Crippen LogP) is 1.05. The number of nitriles is 1. The highest BCUT2D eigenvalue weighted by Crippen LogP contribution is 2.36. The summed E-state index contributed by atoms with van der Waals surface area (Å²) in [5.74, 6) is 0.565. The largest absolute Gasteiger partial charge is 0.508 e. The Bertz CT molecular complexity index is 409. The van der Waals surface area contributed by atoms with Crippen molar-refractivity contribution in [2.24, 2.45) is 5.73 Å². The Hall–Kier alpha value is -1.73. The van der Waals surface area contributed by atoms with Gasteiger partial charge in [-0.05, 0) is 6.07 Å². The molecule has 0 radical (unpaired) electrons. The molecule has 0 aliphatic carbocycles. The van der Waals surface area contributed by atoms with Crippen molar-refractivity contribution in [1.82, 2.24) is 0 Å². The molecule has 1 aromatic rings. The Morgan fingerprint density at radius 3 is 3.07 bits per heavy atom. The SMILES string of the molecule is N#Cc1cc(O)cc2c1[C@@H](N)CCO2. The van der Waals surface area contributed by atoms with Gasteiger partial charge in [-0.2, -0.15) is 5.26 Å². The molecule has 1 aliphatic heterocycles. The van der Waals surface area contributed by atoms with Gasteiger partial charge < -0.3 is 15.6 Å². The van der Waals surface area contributed by atoms with Gasteiger partial charge in [-0.15, -0.1) is 0 Å². The Labute approximate surface area is 81.5 Å². The highest BCUT2D eigenvalue weighted by atomic mass is 16.5. The third-order valence-electron chi connectivity index (χ3n) is 2.30. The average molecular weight is 190 g/mol. The maximum Gasteiger partial charge on any atom is 0.129 e. The monoisotopic (exact) mass is 190 g/mol. The molecule has 0 aromatic heterocycles. The van der Waals surface area contributed by atoms with E-state index in [1.165, 1.54) is 12.1 Å². The van der Waals surface area contributed by atoms with Crippen LogP contribution in [0.4, 0.5) is 0 Å². The Morgan fingerprint density at radius 2 is 2.36 bits per heavy atom. The van der Waals surface area contributed by atoms with Gasteiger partial charge in [0.2, 0.25) is 0 Å². The van der Waals surface area contributed by atoms with Crippen LogP contribution in [0.25, 0.3) is 0 Å². The second-order valence-corrected chi connectivity index (χ2v) is 3.26. The molecule has 0 saturated carbocycles. The molecule has 2 rings (SSSR count). The maximum absolute atomic E-state index is 9.31. The van der Waals surface area contributed by atoms with Gasteiger partial charge in [0.15, 0.2) is 0 Å². The molecular weight excluding hydrogens is 180 g/mol. The first-order chi connectivity index (χ1) is 6.72. The highest BCUT2D eigenvalue weighted by Gasteiger charge is 2.22. The van der Waals surface area contributed by atoms with Crippen LogP contribution in [0.5, 0.6) is 11.5 Å². The lowest BCUT2D eigenvalue weighted by molar-refractivity contribution is 0.267. The van der Waals surface area contributed by atoms with E-state index in [1.54, 1.807) is 0 Å². The van der Waals surface area contributed by atoms with E-state index in [-0.39, 0.29) is 11.8 Å². The van der Waals surface area contributed by atoms with E-state index < -0.39 is 0 Å². The molecule has 0 unspecified atom stereocenters. The molecule has 1 aromatic carbocycles. The van der Waals surface area contributed by atoms with Crippen molar-refractivity contribution in [3.8, 4) is 17.6 Å². The van der Waals surface area contributed by atoms with Gasteiger partial charge in [0, 0.05) is 24.1 Å². The molecule has 0 fully saturated rings. The summed E-state index contributed by atoms with van der Waals surface area (Å²) >= 11 is 0. The van der Waals surface area contributed by atoms with Crippen LogP contribution in [0, 0.1) is 11.3 Å². The van der Waals surface area contributed by atoms with Crippen LogP contribution in [0.1, 0.15) is 23.6 Å². The van der Waals surface area contributed by atoms with Crippen LogP contribution in [0.3, 0.4) is 0 Å². The third-order valence-corrected chi connectivity index (χ3v) is 2.30. The lowest BCUT2D eigenvalue weighted by atomic mass is 9.96. The maximum atomic E-state index is 9.31. The van der Waals surface area contributed by atoms with E-state index in [4.69, 9.17) is 15.7 Å². The summed E-state index contributed by atoms with van der Waals surface area (Å²) in [5.41, 5.74) is 6.96. The molecular formula is C10H10N2O2. The molecule has 3 N–H and O–H groups in total. The summed E-state index contributed by atoms with van der Waals surface area (Å²) in [6.07, 6.45) is 0.701. The molecule has 1 aliphatic rings. The topological polar surface area (TPSA) is 79.3 Å². The zero-order chi connectivity index (χ0) is 10.1. The summed E-state index contributed by atoms with van der Waals surface area (Å²) in [7, 11) is 0. The number of hydrogen-bond acceptors (Lipinski definition) is 4. The summed E-state index contributed by atoms with van der Waals surface area (Å²) in [4.78, 5) is 0. The molecule has 4 heteroatoms. The first-order valence-corrected chi connectivity index (χ1v) is 4.37. The van der Waals surface area contributed by atoms with Gasteiger partial charge in [-0.1, -0.05) is 0 Å². The fourth-order valence-electron chi connectivity index (χ4n) is 1.65. The van der Waals surface area contributed by atoms with E-state index in [0.717, 1.165) is 0 Å². The standard InChI is InChI=1S/C10H10N2O2/c11-5-6-3-7(13)4-9-10(6)8(12)1-2-14-9/h3-4,8,13H,1-2,12H2/t8-/m0/s1. The van der Waals surface area contributed by atoms with Crippen molar-refractivity contribution in [3.63, 3.8) is 0 Å². The quantitative estimate of drug-likeness (QED) is 0.640. The van der Waals surface area contributed by atoms with Gasteiger partial charge in [0.25, 0.3) is 0 Å². The summed E-state index contributed by atoms with van der Waals surface area (Å²) in [5, 5.41) is 18.2. The minimum absolute atomic E-state index is 0.0365. The second kappa shape index (κ2) is 3.20. The minimum atomic E-state index is -0.172. The fraction of sp³-hybridized carbons (Fsp3) is 0.300. The van der Waals surface area contributed by atoms with Crippen molar-refractivity contribution in [2.45, 2.75) is 12.5 Å². The molecule has 72 valence electrons. The zero-order valence-electron chi connectivity index (χ0n) is 7.53. The minimum Gasteiger partial charge on any atom is -0.508 e. The first-order valence-electron chi connectivity index (χ1n) is 4.37. The van der Waals surface area contributed by atoms with Gasteiger partial charge in [0.05, 0.1) is 18.2 Å². The Kier molecular flexibility index (Phi) is 2.02. The zero-order valence-corrected chi connectivity index (χ0v) is 7.53. The van der Waals surface area contributed by atoms with Crippen LogP contribution >= 0.6 is 0 Å². The molecule has 0 bridgehead atoms. The third kappa shape index (κ3) is 1.28. The number of hydrogen-bond donors (Lipinski definition) is 2. The number of benzene rings is 1. The first kappa shape index (κ1) is 8.85. The van der Waals surface area contributed by atoms with Gasteiger partial charge in [0.1, 0.15) is 11.5 Å². The molecule has 0 amide bonds. The van der Waals surface area contributed by atoms with Crippen molar-refractivity contribution in [2.75, 3.05) is 6.61 Å². The van der Waals surface area contributed by atoms with Gasteiger partial charge >= 0.3 is 0 Å². The summed E-state index contributed by atoms with van der Waals surface area (Å²) in [6.45, 7) is 0.530. The van der Waals surface area contributed by atoms with Crippen molar-refractivity contribution < 1.29 is 9.84 Å². The van der Waals surface area contributed by atoms with Crippen LogP contribution in [0.2, 0.25) is 0 Å². The number of rotatable bonds is 0. The number of fused-ring (bicyclic) bond motifs is 1. The molecule has 0 saturated heterocycles. The van der Waals surface area contributed by atoms with Crippen LogP contribution in [-0.2, 0) is 0 Å². The normalized spacial score (nSPS) is 19.3. The molecule has 1 atom stereocenters. The van der Waals surface area contributed by atoms with Crippen LogP contribution in [-0.4, -0.2) is 11.7 Å². The lowest BCUT2D eigenvalue weighted by Crippen LogP contribution is -2.21. The number of nitrogens with two attached hydrogens (primary N) is 1. The van der Waals surface area contributed by atoms with Crippen molar-refractivity contribution >= 4 is 0 Å². The van der Waals surface area contributed by atoms with E-state index in [2.05, 4.69) is 0 Å². The fourth-order valence-corrected chi connectivity index (χ4v) is 1.65. The van der Waals surface area contributed by atoms with Crippen LogP contribution < -0.4 is 10.5 Å². The average Bonchev–Trinajstić information content (AvgIpc) is 2.16. The summed E-state index contributed by atoms with van der Waals surface area (Å²) < 4.78 is 5.33. The van der Waals surface area contributed by atoms with Crippen LogP contribution in [0.15, 0.2) is 12.1 Å². The van der Waals surface area contributed by atoms with E-state index in [9.17, 15) is 5.11 Å². The highest BCUT2D eigenvalue weighted by molar-refractivity contribution is 5.53. The number of ether oxygens (including phenoxy) is 1. The Balaban J connectivity index is 2.63. The number of nitrogens with zero attached hydrogens (tertiary/aromatic N) is 1. The lowest BCUT2D eigenvalue weighted by Gasteiger charge is -2.23. The second-order valence-electron chi connectivity index (χ2n) is 3.26. The summed E-state index contributed by atoms with van der Waals surface area (Å²) in [6, 6.07) is 4.74. The molecule has 1 heterocycles. The Morgan fingerprint density at radius 1 is 1.57 bits per heavy atom. The number of phenols is 1. The smallest absolute Gasteiger partial charge is 0.129 e. The van der Waals surface area contributed by atoms with Crippen molar-refractivity contribution in [3.05, 3.63) is 23.3 Å². The number of aromatic hydroxyl groups is 1. The van der Waals surface area contributed by atoms with E-state index in [1.807, 2.05) is 6.07 Å². The van der Waals surface area contributed by atoms with E-state index in [0.29, 0.717) is 29.9 Å². The molecule has 4 nitrogen and oxygen atoms in total. The molecule has 0 spiro atoms. The van der Waals surface area contributed by atoms with Gasteiger partial charge in [-0.3, -0.25) is 0 Å².